The maximum atomic E-state index is 14.6. The number of nitrogens with one attached hydrogen (secondary N) is 1. The van der Waals surface area contributed by atoms with E-state index in [0.29, 0.717) is 50.4 Å². The molecule has 2 saturated heterocycles. The van der Waals surface area contributed by atoms with Gasteiger partial charge in [0.1, 0.15) is 11.9 Å². The first-order valence-corrected chi connectivity index (χ1v) is 14.0. The number of nitrogen functional groups attached to an aromatic ring is 1. The molecule has 226 valence electrons. The van der Waals surface area contributed by atoms with Crippen LogP contribution in [0.5, 0.6) is 5.88 Å². The number of nitrogens with zero attached hydrogens (tertiary/aromatic N) is 5. The van der Waals surface area contributed by atoms with E-state index < -0.39 is 24.3 Å². The molecule has 0 bridgehead atoms. The molecular formula is C28H33ClF3N7O3. The Morgan fingerprint density at radius 3 is 2.50 bits per heavy atom. The van der Waals surface area contributed by atoms with Crippen molar-refractivity contribution in [3.05, 3.63) is 52.8 Å². The normalized spacial score (nSPS) is 19.7. The number of aliphatic carboxylic acids is 1. The van der Waals surface area contributed by atoms with E-state index in [-0.39, 0.29) is 38.9 Å². The molecule has 1 aromatic carbocycles. The van der Waals surface area contributed by atoms with Crippen LogP contribution in [0.25, 0.3) is 5.69 Å². The number of anilines is 2. The highest BCUT2D eigenvalue weighted by atomic mass is 35.5. The van der Waals surface area contributed by atoms with Crippen molar-refractivity contribution in [2.24, 2.45) is 5.41 Å². The summed E-state index contributed by atoms with van der Waals surface area (Å²) in [4.78, 5) is 21.5. The number of halogens is 4. The number of carboxylic acid groups (broad SMARTS) is 1. The lowest BCUT2D eigenvalue weighted by Crippen LogP contribution is -2.41. The number of carboxylic acids is 1. The molecule has 1 spiro atoms. The van der Waals surface area contributed by atoms with Crippen LogP contribution in [0.3, 0.4) is 0 Å². The summed E-state index contributed by atoms with van der Waals surface area (Å²) < 4.78 is 50.6. The average Bonchev–Trinajstić information content (AvgIpc) is 3.56. The zero-order valence-electron chi connectivity index (χ0n) is 23.5. The molecular weight excluding hydrogens is 575 g/mol. The van der Waals surface area contributed by atoms with Crippen molar-refractivity contribution in [3.8, 4) is 11.6 Å². The van der Waals surface area contributed by atoms with Gasteiger partial charge < -0.3 is 25.8 Å². The third-order valence-electron chi connectivity index (χ3n) is 7.93. The van der Waals surface area contributed by atoms with E-state index >= 15 is 0 Å². The van der Waals surface area contributed by atoms with Crippen LogP contribution < -0.4 is 20.7 Å². The molecule has 0 radical (unpaired) electrons. The summed E-state index contributed by atoms with van der Waals surface area (Å²) in [6, 6.07) is 6.56. The Hall–Kier alpha value is -3.58. The van der Waals surface area contributed by atoms with Crippen LogP contribution in [-0.4, -0.2) is 62.7 Å². The maximum Gasteiger partial charge on any atom is 0.429 e. The van der Waals surface area contributed by atoms with Crippen LogP contribution in [0.2, 0.25) is 5.02 Å². The minimum atomic E-state index is -4.82. The standard InChI is InChI=1S/C28H33ClF3N7O3/c1-26(2,3)20-6-9-39(37-20)19-12-16(29)4-5-17(19)23(28(30,31)32)42-22-13-21(35-25(33)36-22)38-10-7-27(8-11-38)14-18(24(40)41)34-15-27/h4-6,9,12-13,18,23,34H,7-8,10-11,14-15H2,1-3H3,(H,40,41)(H2,33,35,36). The highest BCUT2D eigenvalue weighted by Gasteiger charge is 2.46. The van der Waals surface area contributed by atoms with Gasteiger partial charge in [0, 0.05) is 47.9 Å². The van der Waals surface area contributed by atoms with Gasteiger partial charge in [-0.25, -0.2) is 4.68 Å². The summed E-state index contributed by atoms with van der Waals surface area (Å²) in [7, 11) is 0. The predicted octanol–water partition coefficient (Wildman–Crippen LogP) is 4.91. The molecule has 0 amide bonds. The monoisotopic (exact) mass is 607 g/mol. The van der Waals surface area contributed by atoms with Crippen LogP contribution in [-0.2, 0) is 10.2 Å². The Labute approximate surface area is 246 Å². The minimum absolute atomic E-state index is 0.119. The Bertz CT molecular complexity index is 1470. The molecule has 10 nitrogen and oxygen atoms in total. The molecule has 2 aliphatic rings. The lowest BCUT2D eigenvalue weighted by molar-refractivity contribution is -0.198. The number of hydrogen-bond acceptors (Lipinski definition) is 8. The quantitative estimate of drug-likeness (QED) is 0.358. The fraction of sp³-hybridized carbons (Fsp3) is 0.500. The third kappa shape index (κ3) is 6.26. The summed E-state index contributed by atoms with van der Waals surface area (Å²) in [6.45, 7) is 7.53. The van der Waals surface area contributed by atoms with Gasteiger partial charge in [0.05, 0.1) is 11.4 Å². The first-order valence-electron chi connectivity index (χ1n) is 13.6. The molecule has 3 aromatic rings. The van der Waals surface area contributed by atoms with Crippen LogP contribution in [0, 0.1) is 5.41 Å². The highest BCUT2D eigenvalue weighted by molar-refractivity contribution is 6.30. The topological polar surface area (TPSA) is 131 Å². The Morgan fingerprint density at radius 2 is 1.90 bits per heavy atom. The van der Waals surface area contributed by atoms with E-state index in [4.69, 9.17) is 22.1 Å². The van der Waals surface area contributed by atoms with Gasteiger partial charge in [0.25, 0.3) is 0 Å². The lowest BCUT2D eigenvalue weighted by Gasteiger charge is -2.39. The Morgan fingerprint density at radius 1 is 1.19 bits per heavy atom. The average molecular weight is 608 g/mol. The summed E-state index contributed by atoms with van der Waals surface area (Å²) in [5, 5.41) is 17.2. The number of nitrogens with two attached hydrogens (primary N) is 1. The van der Waals surface area contributed by atoms with Crippen molar-refractivity contribution < 1.29 is 27.8 Å². The molecule has 14 heteroatoms. The molecule has 2 aromatic heterocycles. The molecule has 4 heterocycles. The number of benzene rings is 1. The van der Waals surface area contributed by atoms with Crippen LogP contribution in [0.4, 0.5) is 24.9 Å². The molecule has 42 heavy (non-hydrogen) atoms. The van der Waals surface area contributed by atoms with Crippen molar-refractivity contribution in [1.29, 1.82) is 0 Å². The molecule has 5 rings (SSSR count). The SMILES string of the molecule is CC(C)(C)c1ccn(-c2cc(Cl)ccc2C(Oc2cc(N3CCC4(CC3)CNC(C(=O)O)C4)nc(N)n2)C(F)(F)F)n1. The van der Waals surface area contributed by atoms with Crippen molar-refractivity contribution in [1.82, 2.24) is 25.1 Å². The van der Waals surface area contributed by atoms with Crippen molar-refractivity contribution in [2.75, 3.05) is 30.3 Å². The summed E-state index contributed by atoms with van der Waals surface area (Å²) >= 11 is 6.20. The molecule has 4 N–H and O–H groups in total. The number of piperidine rings is 1. The smallest absolute Gasteiger partial charge is 0.429 e. The first kappa shape index (κ1) is 29.9. The number of carbonyl (C=O) groups is 1. The van der Waals surface area contributed by atoms with E-state index in [9.17, 15) is 23.1 Å². The van der Waals surface area contributed by atoms with Crippen molar-refractivity contribution in [2.45, 2.75) is 63.8 Å². The zero-order chi connectivity index (χ0) is 30.4. The van der Waals surface area contributed by atoms with Crippen LogP contribution >= 0.6 is 11.6 Å². The molecule has 2 aliphatic heterocycles. The van der Waals surface area contributed by atoms with Gasteiger partial charge in [-0.15, -0.1) is 0 Å². The third-order valence-corrected chi connectivity index (χ3v) is 8.16. The van der Waals surface area contributed by atoms with Crippen molar-refractivity contribution in [3.63, 3.8) is 0 Å². The summed E-state index contributed by atoms with van der Waals surface area (Å²) in [5.41, 5.74) is 6.07. The van der Waals surface area contributed by atoms with Crippen LogP contribution in [0.1, 0.15) is 57.4 Å². The molecule has 2 fully saturated rings. The fourth-order valence-corrected chi connectivity index (χ4v) is 5.72. The van der Waals surface area contributed by atoms with Gasteiger partial charge in [-0.2, -0.15) is 28.2 Å². The number of aromatic nitrogens is 4. The second-order valence-electron chi connectivity index (χ2n) is 12.0. The van der Waals surface area contributed by atoms with Crippen LogP contribution in [0.15, 0.2) is 36.5 Å². The van der Waals surface area contributed by atoms with E-state index in [2.05, 4.69) is 20.4 Å². The maximum absolute atomic E-state index is 14.6. The largest absolute Gasteiger partial charge is 0.480 e. The Balaban J connectivity index is 1.41. The van der Waals surface area contributed by atoms with Gasteiger partial charge in [-0.3, -0.25) is 4.79 Å². The zero-order valence-corrected chi connectivity index (χ0v) is 24.2. The Kier molecular flexibility index (Phi) is 7.77. The van der Waals surface area contributed by atoms with E-state index in [1.807, 2.05) is 25.7 Å². The molecule has 0 aliphatic carbocycles. The molecule has 2 unspecified atom stereocenters. The van der Waals surface area contributed by atoms with Gasteiger partial charge in [-0.1, -0.05) is 38.4 Å². The van der Waals surface area contributed by atoms with E-state index in [1.165, 1.54) is 28.9 Å². The second-order valence-corrected chi connectivity index (χ2v) is 12.5. The summed E-state index contributed by atoms with van der Waals surface area (Å²) in [5.74, 6) is -1.09. The highest BCUT2D eigenvalue weighted by Crippen LogP contribution is 2.42. The number of rotatable bonds is 6. The number of alkyl halides is 3. The lowest BCUT2D eigenvalue weighted by atomic mass is 9.76. The molecule has 0 saturated carbocycles. The number of ether oxygens (including phenoxy) is 1. The molecule has 2 atom stereocenters. The van der Waals surface area contributed by atoms with Gasteiger partial charge in [-0.05, 0) is 42.9 Å². The predicted molar refractivity (Wildman–Crippen MR) is 151 cm³/mol. The number of hydrogen-bond donors (Lipinski definition) is 3. The van der Waals surface area contributed by atoms with E-state index in [0.717, 1.165) is 0 Å². The van der Waals surface area contributed by atoms with Gasteiger partial charge in [0.2, 0.25) is 17.9 Å². The summed E-state index contributed by atoms with van der Waals surface area (Å²) in [6.07, 6.45) is -3.72. The van der Waals surface area contributed by atoms with Crippen molar-refractivity contribution >= 4 is 29.3 Å². The fourth-order valence-electron chi connectivity index (χ4n) is 5.56. The van der Waals surface area contributed by atoms with E-state index in [1.54, 1.807) is 12.3 Å². The minimum Gasteiger partial charge on any atom is -0.480 e. The second kappa shape index (κ2) is 10.9. The van der Waals surface area contributed by atoms with Gasteiger partial charge >= 0.3 is 12.1 Å². The van der Waals surface area contributed by atoms with Gasteiger partial charge in [0.15, 0.2) is 0 Å². The first-order chi connectivity index (χ1) is 19.6.